The zero-order valence-electron chi connectivity index (χ0n) is 5.04. The molecule has 1 aromatic heterocycles. The van der Waals surface area contributed by atoms with Gasteiger partial charge in [0.25, 0.3) is 0 Å². The summed E-state index contributed by atoms with van der Waals surface area (Å²) in [5.74, 6) is 0. The van der Waals surface area contributed by atoms with Crippen LogP contribution < -0.4 is 0 Å². The molecule has 1 nitrogen and oxygen atoms in total. The summed E-state index contributed by atoms with van der Waals surface area (Å²) in [6, 6.07) is 8.09. The molecule has 0 radical (unpaired) electrons. The number of rotatable bonds is 0. The van der Waals surface area contributed by atoms with Gasteiger partial charge in [-0.15, -0.1) is 0 Å². The van der Waals surface area contributed by atoms with Crippen molar-refractivity contribution >= 4 is 36.0 Å². The Labute approximate surface area is 69.6 Å². The molecule has 0 saturated carbocycles. The van der Waals surface area contributed by atoms with Gasteiger partial charge in [-0.1, -0.05) is 0 Å². The Morgan fingerprint density at radius 1 is 1.30 bits per heavy atom. The van der Waals surface area contributed by atoms with Crippen LogP contribution in [0.1, 0.15) is 0 Å². The monoisotopic (exact) mass is 217 g/mol. The Hall–Kier alpha value is -0.301. The summed E-state index contributed by atoms with van der Waals surface area (Å²) in [6.45, 7) is 0. The summed E-state index contributed by atoms with van der Waals surface area (Å²) < 4.78 is 5.44. The van der Waals surface area contributed by atoms with E-state index in [1.165, 1.54) is 4.26 Å². The van der Waals surface area contributed by atoms with Gasteiger partial charge in [-0.25, -0.2) is 0 Å². The van der Waals surface area contributed by atoms with Gasteiger partial charge in [0, 0.05) is 0 Å². The van der Waals surface area contributed by atoms with Gasteiger partial charge < -0.3 is 0 Å². The Morgan fingerprint density at radius 3 is 2.90 bits per heavy atom. The topological polar surface area (TPSA) is 12.9 Å². The van der Waals surface area contributed by atoms with Crippen LogP contribution in [0.5, 0.6) is 0 Å². The van der Waals surface area contributed by atoms with Crippen molar-refractivity contribution in [1.29, 1.82) is 0 Å². The second kappa shape index (κ2) is 2.39. The summed E-state index contributed by atoms with van der Waals surface area (Å²) in [7, 11) is 0. The van der Waals surface area contributed by atoms with Crippen LogP contribution in [-0.4, -0.2) is 18.7 Å². The normalized spacial score (nSPS) is 10.5. The van der Waals surface area contributed by atoms with E-state index in [0.29, 0.717) is 5.15 Å². The number of aromatic nitrogens is 1. The Morgan fingerprint density at radius 2 is 2.10 bits per heavy atom. The van der Waals surface area contributed by atoms with Crippen molar-refractivity contribution in [2.45, 2.75) is 0 Å². The molecule has 0 fully saturated rings. The number of halogens is 1. The van der Waals surface area contributed by atoms with E-state index in [1.807, 2.05) is 18.2 Å². The second-order valence-corrected chi connectivity index (χ2v) is 4.02. The van der Waals surface area contributed by atoms with Crippen LogP contribution in [0.3, 0.4) is 0 Å². The molecule has 2 rings (SSSR count). The first-order valence-electron chi connectivity index (χ1n) is 2.88. The fourth-order valence-corrected chi connectivity index (χ4v) is 2.75. The molecule has 1 heterocycles. The molecule has 0 aliphatic carbocycles. The SMILES string of the molecule is Clc1n[se]c2ccccc12. The molecule has 1 aromatic carbocycles. The third-order valence-corrected chi connectivity index (χ3v) is 3.58. The fraction of sp³-hybridized carbons (Fsp3) is 0. The first-order valence-corrected chi connectivity index (χ1v) is 4.88. The Bertz CT molecular complexity index is 355. The summed E-state index contributed by atoms with van der Waals surface area (Å²) >= 11 is 6.04. The average Bonchev–Trinajstić information content (AvgIpc) is 2.34. The summed E-state index contributed by atoms with van der Waals surface area (Å²) in [6.07, 6.45) is 0. The van der Waals surface area contributed by atoms with Crippen LogP contribution in [0.25, 0.3) is 9.65 Å². The van der Waals surface area contributed by atoms with Crippen molar-refractivity contribution in [3.05, 3.63) is 29.4 Å². The first kappa shape index (κ1) is 6.41. The van der Waals surface area contributed by atoms with E-state index in [0.717, 1.165) is 5.39 Å². The zero-order valence-corrected chi connectivity index (χ0v) is 7.51. The number of hydrogen-bond donors (Lipinski definition) is 0. The van der Waals surface area contributed by atoms with Gasteiger partial charge in [0.15, 0.2) is 0 Å². The van der Waals surface area contributed by atoms with E-state index in [-0.39, 0.29) is 14.7 Å². The number of hydrogen-bond acceptors (Lipinski definition) is 1. The molecule has 0 amide bonds. The molecule has 50 valence electrons. The van der Waals surface area contributed by atoms with Crippen molar-refractivity contribution in [3.8, 4) is 0 Å². The van der Waals surface area contributed by atoms with Crippen LogP contribution in [0, 0.1) is 0 Å². The predicted molar refractivity (Wildman–Crippen MR) is 43.7 cm³/mol. The van der Waals surface area contributed by atoms with Crippen molar-refractivity contribution in [3.63, 3.8) is 0 Å². The number of fused-ring (bicyclic) bond motifs is 1. The van der Waals surface area contributed by atoms with Crippen LogP contribution in [0.4, 0.5) is 0 Å². The van der Waals surface area contributed by atoms with Crippen molar-refractivity contribution < 1.29 is 0 Å². The maximum atomic E-state index is 5.81. The minimum atomic E-state index is 0.230. The molecule has 0 aliphatic rings. The van der Waals surface area contributed by atoms with Crippen LogP contribution in [0.2, 0.25) is 5.15 Å². The molecule has 2 aromatic rings. The molecule has 0 N–H and O–H groups in total. The van der Waals surface area contributed by atoms with E-state index in [4.69, 9.17) is 11.6 Å². The third-order valence-electron chi connectivity index (χ3n) is 1.33. The second-order valence-electron chi connectivity index (χ2n) is 1.97. The molecule has 0 bridgehead atoms. The van der Waals surface area contributed by atoms with Crippen molar-refractivity contribution in [2.24, 2.45) is 0 Å². The molecule has 0 atom stereocenters. The van der Waals surface area contributed by atoms with Gasteiger partial charge in [0.1, 0.15) is 0 Å². The summed E-state index contributed by atoms with van der Waals surface area (Å²) in [5.41, 5.74) is 0. The summed E-state index contributed by atoms with van der Waals surface area (Å²) in [5, 5.41) is 1.79. The molecule has 0 saturated heterocycles. The van der Waals surface area contributed by atoms with Crippen molar-refractivity contribution in [2.75, 3.05) is 0 Å². The van der Waals surface area contributed by atoms with Crippen molar-refractivity contribution in [1.82, 2.24) is 3.98 Å². The fourth-order valence-electron chi connectivity index (χ4n) is 0.855. The van der Waals surface area contributed by atoms with Gasteiger partial charge in [-0.05, 0) is 0 Å². The first-order chi connectivity index (χ1) is 4.88. The molecule has 10 heavy (non-hydrogen) atoms. The Kier molecular flexibility index (Phi) is 1.53. The van der Waals surface area contributed by atoms with E-state index in [9.17, 15) is 0 Å². The van der Waals surface area contributed by atoms with Gasteiger partial charge >= 0.3 is 69.4 Å². The molecule has 0 unspecified atom stereocenters. The molecule has 3 heteroatoms. The number of nitrogens with zero attached hydrogens (tertiary/aromatic N) is 1. The molecular weight excluding hydrogens is 212 g/mol. The van der Waals surface area contributed by atoms with Gasteiger partial charge in [-0.3, -0.25) is 0 Å². The molecule has 0 spiro atoms. The van der Waals surface area contributed by atoms with E-state index in [2.05, 4.69) is 10.0 Å². The van der Waals surface area contributed by atoms with Crippen LogP contribution in [0.15, 0.2) is 24.3 Å². The zero-order chi connectivity index (χ0) is 6.97. The quantitative estimate of drug-likeness (QED) is 0.614. The van der Waals surface area contributed by atoms with E-state index >= 15 is 0 Å². The third kappa shape index (κ3) is 0.891. The van der Waals surface area contributed by atoms with Crippen LogP contribution in [-0.2, 0) is 0 Å². The predicted octanol–water partition coefficient (Wildman–Crippen LogP) is 1.95. The molecule has 0 aliphatic heterocycles. The molecular formula is C7H4ClNSe. The van der Waals surface area contributed by atoms with Gasteiger partial charge in [0.05, 0.1) is 0 Å². The standard InChI is InChI=1S/C7H4ClNSe/c8-7-5-3-1-2-4-6(5)10-9-7/h1-4H. The van der Waals surface area contributed by atoms with Crippen LogP contribution >= 0.6 is 11.6 Å². The Balaban J connectivity index is 2.93. The van der Waals surface area contributed by atoms with Gasteiger partial charge in [0.2, 0.25) is 0 Å². The average molecular weight is 217 g/mol. The maximum absolute atomic E-state index is 5.81. The minimum absolute atomic E-state index is 0.230. The van der Waals surface area contributed by atoms with Gasteiger partial charge in [-0.2, -0.15) is 0 Å². The van der Waals surface area contributed by atoms with E-state index < -0.39 is 0 Å². The number of benzene rings is 1. The summed E-state index contributed by atoms with van der Waals surface area (Å²) in [4.78, 5) is 0. The van der Waals surface area contributed by atoms with E-state index in [1.54, 1.807) is 0 Å².